The van der Waals surface area contributed by atoms with E-state index >= 15 is 0 Å². The van der Waals surface area contributed by atoms with Gasteiger partial charge in [0.1, 0.15) is 0 Å². The highest BCUT2D eigenvalue weighted by Crippen LogP contribution is 2.24. The summed E-state index contributed by atoms with van der Waals surface area (Å²) in [5.74, 6) is 0.0516. The number of aryl methyl sites for hydroxylation is 1. The van der Waals surface area contributed by atoms with Crippen molar-refractivity contribution in [2.24, 2.45) is 5.73 Å². The van der Waals surface area contributed by atoms with E-state index in [1.54, 1.807) is 0 Å². The van der Waals surface area contributed by atoms with Crippen LogP contribution in [-0.4, -0.2) is 34.9 Å². The number of nitrogens with zero attached hydrogens (tertiary/aromatic N) is 2. The van der Waals surface area contributed by atoms with Crippen LogP contribution in [0.15, 0.2) is 28.7 Å². The molecule has 120 valence electrons. The van der Waals surface area contributed by atoms with Gasteiger partial charge in [0.2, 0.25) is 0 Å². The van der Waals surface area contributed by atoms with Crippen LogP contribution in [0.4, 0.5) is 0 Å². The van der Waals surface area contributed by atoms with Crippen LogP contribution in [0.1, 0.15) is 22.5 Å². The lowest BCUT2D eigenvalue weighted by Crippen LogP contribution is -2.32. The van der Waals surface area contributed by atoms with Crippen LogP contribution in [0, 0.1) is 6.92 Å². The standard InChI is InChI=1S/C15H16BrN3O.2ClH/c1-9-6-13(15(20)19-5-4-11(17)8-19)12-3-2-10(16)7-14(12)18-9;;/h2-3,6-7,11H,4-5,8,17H2,1H3;2*1H. The Hall–Kier alpha value is -0.880. The maximum absolute atomic E-state index is 12.7. The summed E-state index contributed by atoms with van der Waals surface area (Å²) in [6.45, 7) is 3.28. The van der Waals surface area contributed by atoms with Crippen molar-refractivity contribution in [2.45, 2.75) is 19.4 Å². The van der Waals surface area contributed by atoms with Gasteiger partial charge in [-0.15, -0.1) is 24.8 Å². The SMILES string of the molecule is Cc1cc(C(=O)N2CCC(N)C2)c2ccc(Br)cc2n1.Cl.Cl. The van der Waals surface area contributed by atoms with E-state index in [0.29, 0.717) is 12.1 Å². The Kier molecular flexibility index (Phi) is 6.62. The zero-order valence-corrected chi connectivity index (χ0v) is 15.3. The number of fused-ring (bicyclic) bond motifs is 1. The van der Waals surface area contributed by atoms with Gasteiger partial charge in [0, 0.05) is 34.7 Å². The van der Waals surface area contributed by atoms with Crippen LogP contribution in [0.2, 0.25) is 0 Å². The van der Waals surface area contributed by atoms with E-state index in [2.05, 4.69) is 20.9 Å². The number of benzene rings is 1. The van der Waals surface area contributed by atoms with Crippen molar-refractivity contribution in [1.29, 1.82) is 0 Å². The Balaban J connectivity index is 0.00000121. The molecule has 3 rings (SSSR count). The quantitative estimate of drug-likeness (QED) is 0.790. The Morgan fingerprint density at radius 1 is 1.36 bits per heavy atom. The number of pyridine rings is 1. The van der Waals surface area contributed by atoms with Gasteiger partial charge < -0.3 is 10.6 Å². The maximum atomic E-state index is 12.7. The van der Waals surface area contributed by atoms with Crippen LogP contribution >= 0.6 is 40.7 Å². The number of hydrogen-bond donors (Lipinski definition) is 1. The van der Waals surface area contributed by atoms with Crippen LogP contribution in [0.25, 0.3) is 10.9 Å². The minimum atomic E-state index is 0. The van der Waals surface area contributed by atoms with Gasteiger partial charge in [-0.2, -0.15) is 0 Å². The van der Waals surface area contributed by atoms with Crippen LogP contribution in [0.5, 0.6) is 0 Å². The average molecular weight is 407 g/mol. The molecule has 0 bridgehead atoms. The lowest BCUT2D eigenvalue weighted by Gasteiger charge is -2.17. The van der Waals surface area contributed by atoms with Gasteiger partial charge >= 0.3 is 0 Å². The van der Waals surface area contributed by atoms with Gasteiger partial charge in [0.05, 0.1) is 11.1 Å². The number of nitrogens with two attached hydrogens (primary N) is 1. The number of likely N-dealkylation sites (tertiary alicyclic amines) is 1. The number of hydrogen-bond acceptors (Lipinski definition) is 3. The molecule has 1 amide bonds. The fourth-order valence-electron chi connectivity index (χ4n) is 2.65. The summed E-state index contributed by atoms with van der Waals surface area (Å²) < 4.78 is 0.963. The number of aromatic nitrogens is 1. The summed E-state index contributed by atoms with van der Waals surface area (Å²) in [6, 6.07) is 7.78. The number of carbonyl (C=O) groups excluding carboxylic acids is 1. The molecule has 0 radical (unpaired) electrons. The molecule has 0 saturated carbocycles. The summed E-state index contributed by atoms with van der Waals surface area (Å²) in [4.78, 5) is 19.0. The van der Waals surface area contributed by atoms with Crippen molar-refractivity contribution < 1.29 is 4.79 Å². The highest BCUT2D eigenvalue weighted by Gasteiger charge is 2.25. The van der Waals surface area contributed by atoms with E-state index in [1.165, 1.54) is 0 Å². The van der Waals surface area contributed by atoms with E-state index in [4.69, 9.17) is 5.73 Å². The minimum Gasteiger partial charge on any atom is -0.337 e. The highest BCUT2D eigenvalue weighted by atomic mass is 79.9. The maximum Gasteiger partial charge on any atom is 0.254 e. The molecule has 1 aliphatic rings. The van der Waals surface area contributed by atoms with Crippen molar-refractivity contribution in [1.82, 2.24) is 9.88 Å². The third-order valence-electron chi connectivity index (χ3n) is 3.64. The molecule has 0 spiro atoms. The number of amides is 1. The summed E-state index contributed by atoms with van der Waals surface area (Å²) in [5, 5.41) is 0.893. The van der Waals surface area contributed by atoms with E-state index in [-0.39, 0.29) is 36.8 Å². The lowest BCUT2D eigenvalue weighted by atomic mass is 10.1. The molecule has 1 fully saturated rings. The monoisotopic (exact) mass is 405 g/mol. The molecule has 1 unspecified atom stereocenters. The first-order valence-corrected chi connectivity index (χ1v) is 7.45. The number of carbonyl (C=O) groups is 1. The second-order valence-corrected chi connectivity index (χ2v) is 6.19. The average Bonchev–Trinajstić information content (AvgIpc) is 2.83. The van der Waals surface area contributed by atoms with Crippen molar-refractivity contribution in [3.8, 4) is 0 Å². The molecule has 4 nitrogen and oxygen atoms in total. The predicted molar refractivity (Wildman–Crippen MR) is 97.2 cm³/mol. The Morgan fingerprint density at radius 3 is 2.73 bits per heavy atom. The number of halogens is 3. The van der Waals surface area contributed by atoms with Crippen molar-refractivity contribution in [3.63, 3.8) is 0 Å². The van der Waals surface area contributed by atoms with Crippen molar-refractivity contribution >= 4 is 57.6 Å². The van der Waals surface area contributed by atoms with Gasteiger partial charge in [-0.25, -0.2) is 0 Å². The summed E-state index contributed by atoms with van der Waals surface area (Å²) >= 11 is 3.44. The molecule has 2 heterocycles. The molecule has 2 aromatic rings. The van der Waals surface area contributed by atoms with Crippen LogP contribution in [0.3, 0.4) is 0 Å². The zero-order valence-electron chi connectivity index (χ0n) is 12.1. The van der Waals surface area contributed by atoms with Gasteiger partial charge in [-0.1, -0.05) is 22.0 Å². The van der Waals surface area contributed by atoms with Crippen molar-refractivity contribution in [3.05, 3.63) is 40.0 Å². The van der Waals surface area contributed by atoms with Crippen LogP contribution in [-0.2, 0) is 0 Å². The first kappa shape index (κ1) is 19.2. The molecule has 2 N–H and O–H groups in total. The Bertz CT molecular complexity index is 691. The highest BCUT2D eigenvalue weighted by molar-refractivity contribution is 9.10. The molecule has 1 aromatic heterocycles. The van der Waals surface area contributed by atoms with Crippen LogP contribution < -0.4 is 5.73 Å². The molecule has 1 saturated heterocycles. The zero-order chi connectivity index (χ0) is 14.3. The number of rotatable bonds is 1. The summed E-state index contributed by atoms with van der Waals surface area (Å²) in [5.41, 5.74) is 8.30. The van der Waals surface area contributed by atoms with Crippen molar-refractivity contribution in [2.75, 3.05) is 13.1 Å². The normalized spacial score (nSPS) is 17.0. The van der Waals surface area contributed by atoms with E-state index in [0.717, 1.165) is 34.0 Å². The summed E-state index contributed by atoms with van der Waals surface area (Å²) in [7, 11) is 0. The second-order valence-electron chi connectivity index (χ2n) is 5.27. The molecule has 0 aliphatic carbocycles. The first-order valence-electron chi connectivity index (χ1n) is 6.66. The van der Waals surface area contributed by atoms with Gasteiger partial charge in [-0.3, -0.25) is 9.78 Å². The largest absolute Gasteiger partial charge is 0.337 e. The molecular formula is C15H18BrCl2N3O. The minimum absolute atomic E-state index is 0. The third-order valence-corrected chi connectivity index (χ3v) is 4.14. The fraction of sp³-hybridized carbons (Fsp3) is 0.333. The van der Waals surface area contributed by atoms with E-state index < -0.39 is 0 Å². The lowest BCUT2D eigenvalue weighted by molar-refractivity contribution is 0.0792. The smallest absolute Gasteiger partial charge is 0.254 e. The first-order chi connectivity index (χ1) is 9.54. The second kappa shape index (κ2) is 7.59. The molecular weight excluding hydrogens is 389 g/mol. The molecule has 7 heteroatoms. The Morgan fingerprint density at radius 2 is 2.09 bits per heavy atom. The summed E-state index contributed by atoms with van der Waals surface area (Å²) in [6.07, 6.45) is 0.874. The molecule has 22 heavy (non-hydrogen) atoms. The molecule has 1 aromatic carbocycles. The van der Waals surface area contributed by atoms with E-state index in [1.807, 2.05) is 36.1 Å². The molecule has 1 atom stereocenters. The van der Waals surface area contributed by atoms with E-state index in [9.17, 15) is 4.79 Å². The topological polar surface area (TPSA) is 59.2 Å². The van der Waals surface area contributed by atoms with Gasteiger partial charge in [-0.05, 0) is 31.5 Å². The van der Waals surface area contributed by atoms with Gasteiger partial charge in [0.25, 0.3) is 5.91 Å². The predicted octanol–water partition coefficient (Wildman–Crippen LogP) is 3.32. The Labute approximate surface area is 150 Å². The molecule has 1 aliphatic heterocycles. The fourth-order valence-corrected chi connectivity index (χ4v) is 3.00. The third kappa shape index (κ3) is 3.71. The van der Waals surface area contributed by atoms with Gasteiger partial charge in [0.15, 0.2) is 0 Å².